The average molecular weight is 476 g/mol. The minimum atomic E-state index is -3.67. The Morgan fingerprint density at radius 3 is 2.42 bits per heavy atom. The van der Waals surface area contributed by atoms with E-state index in [-0.39, 0.29) is 21.8 Å². The van der Waals surface area contributed by atoms with Crippen molar-refractivity contribution in [2.24, 2.45) is 0 Å². The van der Waals surface area contributed by atoms with Crippen LogP contribution >= 0.6 is 23.4 Å². The van der Waals surface area contributed by atoms with E-state index in [4.69, 9.17) is 16.0 Å². The lowest BCUT2D eigenvalue weighted by atomic mass is 10.2. The van der Waals surface area contributed by atoms with Crippen molar-refractivity contribution in [1.29, 1.82) is 0 Å². The molecule has 0 aliphatic heterocycles. The lowest BCUT2D eigenvalue weighted by Gasteiger charge is -2.08. The normalized spacial score (nSPS) is 11.4. The second-order valence-corrected chi connectivity index (χ2v) is 9.37. The molecular weight excluding hydrogens is 461 g/mol. The second kappa shape index (κ2) is 9.09. The number of sulfonamides is 1. The van der Waals surface area contributed by atoms with Crippen LogP contribution in [0.1, 0.15) is 5.56 Å². The molecule has 0 aliphatic carbocycles. The highest BCUT2D eigenvalue weighted by Crippen LogP contribution is 2.30. The van der Waals surface area contributed by atoms with Crippen LogP contribution in [0.2, 0.25) is 5.02 Å². The molecule has 0 radical (unpaired) electrons. The molecule has 6 nitrogen and oxygen atoms in total. The van der Waals surface area contributed by atoms with E-state index in [1.165, 1.54) is 30.0 Å². The highest BCUT2D eigenvalue weighted by atomic mass is 35.5. The van der Waals surface area contributed by atoms with Gasteiger partial charge in [0.25, 0.3) is 15.2 Å². The first-order valence-electron chi connectivity index (χ1n) is 9.00. The van der Waals surface area contributed by atoms with Crippen molar-refractivity contribution < 1.29 is 17.2 Å². The summed E-state index contributed by atoms with van der Waals surface area (Å²) in [6, 6.07) is 19.1. The zero-order chi connectivity index (χ0) is 21.8. The van der Waals surface area contributed by atoms with Gasteiger partial charge in [0.2, 0.25) is 5.89 Å². The molecule has 1 heterocycles. The fourth-order valence-corrected chi connectivity index (χ4v) is 4.87. The van der Waals surface area contributed by atoms with Crippen LogP contribution in [0.15, 0.2) is 87.3 Å². The predicted octanol–water partition coefficient (Wildman–Crippen LogP) is 5.62. The molecule has 10 heteroatoms. The van der Waals surface area contributed by atoms with Crippen LogP contribution in [0.3, 0.4) is 0 Å². The summed E-state index contributed by atoms with van der Waals surface area (Å²) in [4.78, 5) is 0.174. The van der Waals surface area contributed by atoms with Crippen molar-refractivity contribution >= 4 is 39.1 Å². The highest BCUT2D eigenvalue weighted by Gasteiger charge is 2.15. The predicted molar refractivity (Wildman–Crippen MR) is 118 cm³/mol. The summed E-state index contributed by atoms with van der Waals surface area (Å²) in [5.74, 6) is 0.112. The van der Waals surface area contributed by atoms with Crippen molar-refractivity contribution in [1.82, 2.24) is 10.2 Å². The van der Waals surface area contributed by atoms with Gasteiger partial charge < -0.3 is 4.42 Å². The molecule has 0 aliphatic rings. The SMILES string of the molecule is O=S(=O)(Nc1ccc(-c2nnc(SCc3c(F)cccc3Cl)o2)cc1)c1ccccc1. The zero-order valence-corrected chi connectivity index (χ0v) is 18.2. The van der Waals surface area contributed by atoms with Crippen LogP contribution in [0.4, 0.5) is 10.1 Å². The van der Waals surface area contributed by atoms with Gasteiger partial charge in [-0.2, -0.15) is 0 Å². The third kappa shape index (κ3) is 5.07. The van der Waals surface area contributed by atoms with E-state index in [0.717, 1.165) is 0 Å². The van der Waals surface area contributed by atoms with Gasteiger partial charge in [-0.25, -0.2) is 12.8 Å². The molecule has 0 saturated carbocycles. The molecular formula is C21H15ClFN3O3S2. The van der Waals surface area contributed by atoms with Gasteiger partial charge in [-0.1, -0.05) is 47.6 Å². The van der Waals surface area contributed by atoms with Crippen molar-refractivity contribution in [2.75, 3.05) is 4.72 Å². The van der Waals surface area contributed by atoms with E-state index in [1.54, 1.807) is 54.6 Å². The standard InChI is InChI=1S/C21H15ClFN3O3S2/c22-18-7-4-8-19(23)17(18)13-30-21-25-24-20(29-21)14-9-11-15(12-10-14)26-31(27,28)16-5-2-1-3-6-16/h1-12,26H,13H2. The molecule has 0 amide bonds. The topological polar surface area (TPSA) is 85.1 Å². The van der Waals surface area contributed by atoms with Gasteiger partial charge in [-0.15, -0.1) is 10.2 Å². The Labute approximate surface area is 187 Å². The maximum Gasteiger partial charge on any atom is 0.277 e. The largest absolute Gasteiger partial charge is 0.411 e. The third-order valence-electron chi connectivity index (χ3n) is 4.25. The molecule has 0 atom stereocenters. The van der Waals surface area contributed by atoms with Crippen molar-refractivity contribution in [3.8, 4) is 11.5 Å². The quantitative estimate of drug-likeness (QED) is 0.349. The van der Waals surface area contributed by atoms with Gasteiger partial charge in [0.05, 0.1) is 4.90 Å². The van der Waals surface area contributed by atoms with Gasteiger partial charge in [0, 0.05) is 27.6 Å². The van der Waals surface area contributed by atoms with E-state index in [1.807, 2.05) is 0 Å². The van der Waals surface area contributed by atoms with Crippen LogP contribution in [-0.4, -0.2) is 18.6 Å². The molecule has 3 aromatic carbocycles. The number of benzene rings is 3. The highest BCUT2D eigenvalue weighted by molar-refractivity contribution is 7.98. The van der Waals surface area contributed by atoms with E-state index >= 15 is 0 Å². The van der Waals surface area contributed by atoms with Crippen LogP contribution in [0, 0.1) is 5.82 Å². The van der Waals surface area contributed by atoms with Gasteiger partial charge >= 0.3 is 0 Å². The minimum absolute atomic E-state index is 0.174. The summed E-state index contributed by atoms with van der Waals surface area (Å²) in [5.41, 5.74) is 1.38. The maximum atomic E-state index is 13.9. The molecule has 0 unspecified atom stereocenters. The number of hydrogen-bond donors (Lipinski definition) is 1. The fraction of sp³-hybridized carbons (Fsp3) is 0.0476. The third-order valence-corrected chi connectivity index (χ3v) is 6.84. The number of thioether (sulfide) groups is 1. The Bertz CT molecular complexity index is 1280. The first-order valence-corrected chi connectivity index (χ1v) is 11.8. The summed E-state index contributed by atoms with van der Waals surface area (Å²) in [7, 11) is -3.67. The maximum absolute atomic E-state index is 13.9. The number of rotatable bonds is 7. The van der Waals surface area contributed by atoms with E-state index in [9.17, 15) is 12.8 Å². The van der Waals surface area contributed by atoms with E-state index in [0.29, 0.717) is 21.8 Å². The molecule has 0 spiro atoms. The molecule has 4 rings (SSSR count). The van der Waals surface area contributed by atoms with Crippen LogP contribution < -0.4 is 4.72 Å². The van der Waals surface area contributed by atoms with Crippen LogP contribution in [0.25, 0.3) is 11.5 Å². The lowest BCUT2D eigenvalue weighted by molar-refractivity contribution is 0.465. The van der Waals surface area contributed by atoms with Crippen molar-refractivity contribution in [2.45, 2.75) is 15.9 Å². The Balaban J connectivity index is 1.44. The average Bonchev–Trinajstić information content (AvgIpc) is 3.23. The smallest absolute Gasteiger partial charge is 0.277 e. The van der Waals surface area contributed by atoms with Crippen molar-refractivity contribution in [3.63, 3.8) is 0 Å². The number of nitrogens with one attached hydrogen (secondary N) is 1. The first-order chi connectivity index (χ1) is 14.9. The Kier molecular flexibility index (Phi) is 6.26. The molecule has 0 saturated heterocycles. The number of aromatic nitrogens is 2. The molecule has 1 N–H and O–H groups in total. The lowest BCUT2D eigenvalue weighted by Crippen LogP contribution is -2.12. The summed E-state index contributed by atoms with van der Waals surface area (Å²) in [6.07, 6.45) is 0. The van der Waals surface area contributed by atoms with Crippen molar-refractivity contribution in [3.05, 3.63) is 89.2 Å². The summed E-state index contributed by atoms with van der Waals surface area (Å²) in [6.45, 7) is 0. The first kappa shape index (κ1) is 21.4. The second-order valence-electron chi connectivity index (χ2n) is 6.36. The summed E-state index contributed by atoms with van der Waals surface area (Å²) in [5, 5.41) is 8.55. The summed E-state index contributed by atoms with van der Waals surface area (Å²) < 4.78 is 46.8. The number of halogens is 2. The number of anilines is 1. The zero-order valence-electron chi connectivity index (χ0n) is 15.8. The van der Waals surface area contributed by atoms with Gasteiger partial charge in [-0.3, -0.25) is 4.72 Å². The fourth-order valence-electron chi connectivity index (χ4n) is 2.68. The van der Waals surface area contributed by atoms with Gasteiger partial charge in [0.1, 0.15) is 5.82 Å². The number of hydrogen-bond acceptors (Lipinski definition) is 6. The molecule has 4 aromatic rings. The van der Waals surface area contributed by atoms with E-state index < -0.39 is 15.8 Å². The van der Waals surface area contributed by atoms with Gasteiger partial charge in [-0.05, 0) is 48.5 Å². The molecule has 1 aromatic heterocycles. The monoisotopic (exact) mass is 475 g/mol. The minimum Gasteiger partial charge on any atom is -0.411 e. The van der Waals surface area contributed by atoms with Crippen LogP contribution in [0.5, 0.6) is 0 Å². The molecule has 158 valence electrons. The van der Waals surface area contributed by atoms with E-state index in [2.05, 4.69) is 14.9 Å². The summed E-state index contributed by atoms with van der Waals surface area (Å²) >= 11 is 7.20. The Morgan fingerprint density at radius 1 is 0.968 bits per heavy atom. The van der Waals surface area contributed by atoms with Gasteiger partial charge in [0.15, 0.2) is 0 Å². The molecule has 31 heavy (non-hydrogen) atoms. The molecule has 0 bridgehead atoms. The number of nitrogens with zero attached hydrogens (tertiary/aromatic N) is 2. The van der Waals surface area contributed by atoms with Crippen LogP contribution in [-0.2, 0) is 15.8 Å². The Hall–Kier alpha value is -2.88. The molecule has 0 fully saturated rings. The Morgan fingerprint density at radius 2 is 1.71 bits per heavy atom.